The van der Waals surface area contributed by atoms with E-state index in [2.05, 4.69) is 49.2 Å². The molecule has 0 saturated carbocycles. The van der Waals surface area contributed by atoms with Gasteiger partial charge in [0.15, 0.2) is 0 Å². The van der Waals surface area contributed by atoms with Crippen LogP contribution in [-0.4, -0.2) is 51.8 Å². The molecule has 0 aliphatic heterocycles. The van der Waals surface area contributed by atoms with Gasteiger partial charge in [-0.1, -0.05) is 43.3 Å². The van der Waals surface area contributed by atoms with Gasteiger partial charge in [-0.15, -0.1) is 0 Å². The molecule has 118 valence electrons. The van der Waals surface area contributed by atoms with Crippen molar-refractivity contribution in [1.29, 1.82) is 0 Å². The summed E-state index contributed by atoms with van der Waals surface area (Å²) in [5.41, 5.74) is 5.72. The predicted octanol–water partition coefficient (Wildman–Crippen LogP) is 2.42. The lowest BCUT2D eigenvalue weighted by Gasteiger charge is -2.03. The zero-order valence-electron chi connectivity index (χ0n) is 11.6. The summed E-state index contributed by atoms with van der Waals surface area (Å²) in [5.74, 6) is 0. The molecule has 0 saturated heterocycles. The van der Waals surface area contributed by atoms with E-state index in [4.69, 9.17) is 15.3 Å². The maximum absolute atomic E-state index is 8.29. The van der Waals surface area contributed by atoms with E-state index < -0.39 is 5.17 Å². The number of nitrogens with two attached hydrogens (primary N) is 1. The van der Waals surface area contributed by atoms with Crippen LogP contribution in [0.15, 0.2) is 30.3 Å². The molecule has 0 spiro atoms. The van der Waals surface area contributed by atoms with E-state index in [1.54, 1.807) is 14.1 Å². The Morgan fingerprint density at radius 2 is 1.30 bits per heavy atom. The Bertz CT molecular complexity index is 330. The summed E-state index contributed by atoms with van der Waals surface area (Å²) in [6.45, 7) is 2.08. The zero-order chi connectivity index (χ0) is 15.8. The van der Waals surface area contributed by atoms with Crippen LogP contribution >= 0.6 is 24.4 Å². The van der Waals surface area contributed by atoms with Gasteiger partial charge in [0, 0.05) is 21.2 Å². The Labute approximate surface area is 132 Å². The van der Waals surface area contributed by atoms with Crippen molar-refractivity contribution in [3.8, 4) is 0 Å². The van der Waals surface area contributed by atoms with E-state index in [1.807, 2.05) is 18.2 Å². The van der Waals surface area contributed by atoms with Gasteiger partial charge in [0.2, 0.25) is 0 Å². The van der Waals surface area contributed by atoms with Crippen LogP contribution in [0.4, 0.5) is 0 Å². The van der Waals surface area contributed by atoms with E-state index in [0.29, 0.717) is 0 Å². The van der Waals surface area contributed by atoms with Crippen molar-refractivity contribution in [3.63, 3.8) is 0 Å². The first kappa shape index (κ1) is 27.0. The third kappa shape index (κ3) is 36.0. The monoisotopic (exact) mass is 322 g/mol. The Morgan fingerprint density at radius 3 is 1.40 bits per heavy atom. The summed E-state index contributed by atoms with van der Waals surface area (Å²) < 4.78 is 0. The molecule has 0 radical (unpaired) electrons. The van der Waals surface area contributed by atoms with Crippen LogP contribution < -0.4 is 5.73 Å². The van der Waals surface area contributed by atoms with E-state index in [1.165, 1.54) is 10.5 Å². The van der Waals surface area contributed by atoms with Gasteiger partial charge in [-0.2, -0.15) is 0 Å². The average Bonchev–Trinajstić information content (AvgIpc) is 2.32. The fraction of sp³-hybridized carbons (Fsp3) is 0.385. The molecule has 0 amide bonds. The second-order valence-electron chi connectivity index (χ2n) is 3.17. The van der Waals surface area contributed by atoms with Crippen LogP contribution in [0.1, 0.15) is 13.0 Å². The van der Waals surface area contributed by atoms with E-state index in [-0.39, 0.29) is 12.6 Å². The quantitative estimate of drug-likeness (QED) is 0.545. The molecule has 20 heavy (non-hydrogen) atoms. The highest BCUT2D eigenvalue weighted by Gasteiger charge is 1.86. The molecule has 0 bridgehead atoms. The molecule has 0 unspecified atom stereocenters. The molecule has 0 fully saturated rings. The molecule has 1 aromatic carbocycles. The fourth-order valence-corrected chi connectivity index (χ4v) is 0.534. The molecular weight excluding hydrogens is 296 g/mol. The zero-order valence-corrected chi connectivity index (χ0v) is 13.2. The highest BCUT2D eigenvalue weighted by Crippen LogP contribution is 1.92. The minimum absolute atomic E-state index is 0. The molecule has 0 aliphatic carbocycles. The lowest BCUT2D eigenvalue weighted by atomic mass is 10.2. The molecule has 5 N–H and O–H groups in total. The first-order chi connectivity index (χ1) is 8.77. The Kier molecular flexibility index (Phi) is 26.8. The number of aliphatic hydroxyl groups is 3. The second-order valence-corrected chi connectivity index (χ2v) is 3.95. The summed E-state index contributed by atoms with van der Waals surface area (Å²) in [7, 11) is 4.37. The SMILES string of the molecule is C.CN(C)C(O)=S.CO.Cc1ccccc1.NC(O)=S. The third-order valence-corrected chi connectivity index (χ3v) is 1.69. The lowest BCUT2D eigenvalue weighted by Crippen LogP contribution is -2.17. The molecule has 0 aromatic heterocycles. The number of benzene rings is 1. The maximum Gasteiger partial charge on any atom is 0.256 e. The van der Waals surface area contributed by atoms with Gasteiger partial charge in [-0.05, 0) is 31.4 Å². The minimum atomic E-state index is -0.500. The van der Waals surface area contributed by atoms with Crippen LogP contribution in [0.3, 0.4) is 0 Å². The fourth-order valence-electron chi connectivity index (χ4n) is 0.534. The maximum atomic E-state index is 8.29. The van der Waals surface area contributed by atoms with E-state index in [0.717, 1.165) is 7.11 Å². The normalized spacial score (nSPS) is 6.85. The van der Waals surface area contributed by atoms with Crippen molar-refractivity contribution in [2.45, 2.75) is 14.4 Å². The number of thiocarbonyl (C=S) groups is 2. The Balaban J connectivity index is -0.0000000911. The number of aryl methyl sites for hydroxylation is 1. The molecule has 1 rings (SSSR count). The molecule has 0 heterocycles. The van der Waals surface area contributed by atoms with Crippen molar-refractivity contribution in [2.75, 3.05) is 21.2 Å². The van der Waals surface area contributed by atoms with Crippen LogP contribution in [-0.2, 0) is 0 Å². The highest BCUT2D eigenvalue weighted by molar-refractivity contribution is 7.80. The van der Waals surface area contributed by atoms with Crippen LogP contribution in [0.25, 0.3) is 0 Å². The number of hydrogen-bond donors (Lipinski definition) is 4. The second kappa shape index (κ2) is 19.9. The number of rotatable bonds is 0. The molecule has 0 aliphatic rings. The first-order valence-corrected chi connectivity index (χ1v) is 5.94. The van der Waals surface area contributed by atoms with Gasteiger partial charge in [-0.3, -0.25) is 0 Å². The highest BCUT2D eigenvalue weighted by atomic mass is 32.1. The third-order valence-electron chi connectivity index (χ3n) is 1.32. The average molecular weight is 322 g/mol. The largest absolute Gasteiger partial charge is 0.487 e. The standard InChI is InChI=1S/C7H8.C3H7NOS.CH3NOS.CH4O.CH4/c1-7-5-3-2-4-6-7;1-4(2)3(5)6;2-1(3)4;1-2;/h2-6H,1H3;1-2H3,(H,5,6);(H3,2,3,4);2H,1H3;1H4. The van der Waals surface area contributed by atoms with Crippen molar-refractivity contribution < 1.29 is 15.3 Å². The van der Waals surface area contributed by atoms with E-state index in [9.17, 15) is 0 Å². The van der Waals surface area contributed by atoms with Gasteiger partial charge in [0.05, 0.1) is 0 Å². The van der Waals surface area contributed by atoms with Crippen molar-refractivity contribution in [3.05, 3.63) is 35.9 Å². The van der Waals surface area contributed by atoms with Crippen LogP contribution in [0.2, 0.25) is 0 Å². The smallest absolute Gasteiger partial charge is 0.256 e. The van der Waals surface area contributed by atoms with Crippen molar-refractivity contribution in [1.82, 2.24) is 4.90 Å². The molecular formula is C13H26N2O3S2. The number of nitrogens with zero attached hydrogens (tertiary/aromatic N) is 1. The molecule has 5 nitrogen and oxygen atoms in total. The van der Waals surface area contributed by atoms with Crippen LogP contribution in [0, 0.1) is 6.92 Å². The van der Waals surface area contributed by atoms with Gasteiger partial charge in [0.1, 0.15) is 0 Å². The summed E-state index contributed by atoms with van der Waals surface area (Å²) in [6.07, 6.45) is 0. The predicted molar refractivity (Wildman–Crippen MR) is 94.4 cm³/mol. The Morgan fingerprint density at radius 1 is 1.05 bits per heavy atom. The minimum Gasteiger partial charge on any atom is -0.487 e. The van der Waals surface area contributed by atoms with Gasteiger partial charge >= 0.3 is 0 Å². The van der Waals surface area contributed by atoms with Crippen LogP contribution in [0.5, 0.6) is 0 Å². The summed E-state index contributed by atoms with van der Waals surface area (Å²) in [6, 6.07) is 10.3. The number of hydrogen-bond acceptors (Lipinski definition) is 3. The van der Waals surface area contributed by atoms with E-state index >= 15 is 0 Å². The summed E-state index contributed by atoms with van der Waals surface area (Å²) in [4.78, 5) is 1.45. The topological polar surface area (TPSA) is 90.0 Å². The summed E-state index contributed by atoms with van der Waals surface area (Å²) >= 11 is 8.17. The number of aliphatic hydroxyl groups excluding tert-OH is 3. The molecule has 7 heteroatoms. The first-order valence-electron chi connectivity index (χ1n) is 5.12. The van der Waals surface area contributed by atoms with Crippen molar-refractivity contribution in [2.24, 2.45) is 5.73 Å². The Hall–Kier alpha value is -1.44. The molecule has 0 atom stereocenters. The van der Waals surface area contributed by atoms with Crippen molar-refractivity contribution >= 4 is 34.8 Å². The lowest BCUT2D eigenvalue weighted by molar-refractivity contribution is 0.399. The van der Waals surface area contributed by atoms with Gasteiger partial charge in [-0.25, -0.2) is 0 Å². The van der Waals surface area contributed by atoms with Gasteiger partial charge < -0.3 is 26.0 Å². The van der Waals surface area contributed by atoms with Gasteiger partial charge in [0.25, 0.3) is 10.3 Å². The summed E-state index contributed by atoms with van der Waals surface area (Å²) in [5, 5.41) is 22.3. The molecule has 1 aromatic rings.